The second-order valence-electron chi connectivity index (χ2n) is 4.42. The van der Waals surface area contributed by atoms with Crippen LogP contribution in [0.1, 0.15) is 30.9 Å². The zero-order valence-electron chi connectivity index (χ0n) is 9.38. The predicted molar refractivity (Wildman–Crippen MR) is 60.8 cm³/mol. The van der Waals surface area contributed by atoms with E-state index < -0.39 is 0 Å². The van der Waals surface area contributed by atoms with E-state index in [2.05, 4.69) is 5.32 Å². The number of nitrogens with one attached hydrogen (secondary N) is 1. The topological polar surface area (TPSA) is 55.1 Å². The van der Waals surface area contributed by atoms with Crippen LogP contribution < -0.4 is 11.1 Å². The first-order valence-corrected chi connectivity index (χ1v) is 5.37. The van der Waals surface area contributed by atoms with Gasteiger partial charge in [0.25, 0.3) is 0 Å². The van der Waals surface area contributed by atoms with E-state index in [4.69, 9.17) is 5.73 Å². The number of anilines is 1. The minimum Gasteiger partial charge on any atom is -0.328 e. The average molecular weight is 222 g/mol. The average Bonchev–Trinajstić information content (AvgIpc) is 2.44. The Morgan fingerprint density at radius 1 is 1.56 bits per heavy atom. The number of benzene rings is 1. The smallest absolute Gasteiger partial charge is 0.231 e. The molecule has 0 bridgehead atoms. The highest BCUT2D eigenvalue weighted by Crippen LogP contribution is 2.36. The number of carbonyl (C=O) groups is 1. The molecule has 16 heavy (non-hydrogen) atoms. The number of fused-ring (bicyclic) bond motifs is 1. The summed E-state index contributed by atoms with van der Waals surface area (Å²) in [5.41, 5.74) is 7.97. The van der Waals surface area contributed by atoms with Gasteiger partial charge in [0.2, 0.25) is 5.91 Å². The third-order valence-electron chi connectivity index (χ3n) is 2.87. The predicted octanol–water partition coefficient (Wildman–Crippen LogP) is 1.77. The van der Waals surface area contributed by atoms with E-state index in [1.165, 1.54) is 12.1 Å². The van der Waals surface area contributed by atoms with Gasteiger partial charge in [-0.25, -0.2) is 4.39 Å². The molecule has 1 heterocycles. The van der Waals surface area contributed by atoms with Gasteiger partial charge < -0.3 is 11.1 Å². The third-order valence-corrected chi connectivity index (χ3v) is 2.87. The number of nitrogens with two attached hydrogens (primary N) is 1. The highest BCUT2D eigenvalue weighted by atomic mass is 19.1. The van der Waals surface area contributed by atoms with Crippen LogP contribution >= 0.6 is 0 Å². The first-order chi connectivity index (χ1) is 7.49. The first kappa shape index (κ1) is 11.1. The number of carbonyl (C=O) groups excluding carboxylic acids is 1. The molecule has 2 unspecified atom stereocenters. The van der Waals surface area contributed by atoms with Gasteiger partial charge in [0.1, 0.15) is 5.82 Å². The molecule has 1 aliphatic heterocycles. The molecule has 0 fully saturated rings. The Kier molecular flexibility index (Phi) is 2.68. The fraction of sp³-hybridized carbons (Fsp3) is 0.417. The van der Waals surface area contributed by atoms with E-state index >= 15 is 0 Å². The van der Waals surface area contributed by atoms with Crippen LogP contribution in [0.5, 0.6) is 0 Å². The molecule has 3 N–H and O–H groups in total. The Hall–Kier alpha value is -1.42. The summed E-state index contributed by atoms with van der Waals surface area (Å²) in [5, 5.41) is 2.79. The molecular weight excluding hydrogens is 207 g/mol. The van der Waals surface area contributed by atoms with Crippen molar-refractivity contribution in [2.75, 3.05) is 5.32 Å². The second kappa shape index (κ2) is 3.87. The van der Waals surface area contributed by atoms with Crippen molar-refractivity contribution in [2.24, 2.45) is 5.73 Å². The van der Waals surface area contributed by atoms with Gasteiger partial charge in [-0.15, -0.1) is 0 Å². The Morgan fingerprint density at radius 2 is 2.25 bits per heavy atom. The van der Waals surface area contributed by atoms with Crippen LogP contribution in [0, 0.1) is 5.82 Å². The number of halogens is 1. The molecule has 2 rings (SSSR count). The lowest BCUT2D eigenvalue weighted by molar-refractivity contribution is -0.116. The zero-order valence-corrected chi connectivity index (χ0v) is 9.38. The molecule has 0 saturated carbocycles. The minimum absolute atomic E-state index is 0.0568. The second-order valence-corrected chi connectivity index (χ2v) is 4.42. The van der Waals surface area contributed by atoms with E-state index in [0.717, 1.165) is 16.8 Å². The molecular formula is C12H15FN2O. The molecule has 4 heteroatoms. The Bertz CT molecular complexity index is 443. The summed E-state index contributed by atoms with van der Waals surface area (Å²) < 4.78 is 13.4. The summed E-state index contributed by atoms with van der Waals surface area (Å²) in [6.07, 6.45) is 0.563. The van der Waals surface area contributed by atoms with Gasteiger partial charge in [0.15, 0.2) is 0 Å². The normalized spacial score (nSPS) is 20.5. The van der Waals surface area contributed by atoms with E-state index in [1.807, 2.05) is 6.92 Å². The fourth-order valence-corrected chi connectivity index (χ4v) is 2.06. The molecule has 1 aromatic rings. The molecule has 1 aromatic carbocycles. The number of rotatable bonds is 2. The minimum atomic E-state index is -0.308. The molecule has 0 aliphatic carbocycles. The maximum absolute atomic E-state index is 13.4. The van der Waals surface area contributed by atoms with Gasteiger partial charge in [-0.05, 0) is 43.5 Å². The van der Waals surface area contributed by atoms with Gasteiger partial charge in [0.05, 0.1) is 5.92 Å². The monoisotopic (exact) mass is 222 g/mol. The molecule has 0 saturated heterocycles. The van der Waals surface area contributed by atoms with Crippen molar-refractivity contribution < 1.29 is 9.18 Å². The van der Waals surface area contributed by atoms with Gasteiger partial charge >= 0.3 is 0 Å². The molecule has 0 spiro atoms. The zero-order chi connectivity index (χ0) is 11.9. The van der Waals surface area contributed by atoms with Crippen LogP contribution in [0.15, 0.2) is 12.1 Å². The van der Waals surface area contributed by atoms with Gasteiger partial charge in [-0.2, -0.15) is 0 Å². The van der Waals surface area contributed by atoms with Crippen LogP contribution in [0.25, 0.3) is 0 Å². The lowest BCUT2D eigenvalue weighted by Gasteiger charge is -2.11. The maximum Gasteiger partial charge on any atom is 0.231 e. The highest BCUT2D eigenvalue weighted by molar-refractivity contribution is 6.03. The third kappa shape index (κ3) is 1.80. The summed E-state index contributed by atoms with van der Waals surface area (Å²) in [6, 6.07) is 2.81. The Morgan fingerprint density at radius 3 is 2.88 bits per heavy atom. The fourth-order valence-electron chi connectivity index (χ4n) is 2.06. The quantitative estimate of drug-likeness (QED) is 0.801. The van der Waals surface area contributed by atoms with Crippen LogP contribution in [0.4, 0.5) is 10.1 Å². The highest BCUT2D eigenvalue weighted by Gasteiger charge is 2.29. The molecule has 0 aromatic heterocycles. The van der Waals surface area contributed by atoms with E-state index in [9.17, 15) is 9.18 Å². The Labute approximate surface area is 93.8 Å². The number of hydrogen-bond acceptors (Lipinski definition) is 2. The SMILES string of the molecule is CC(N)Cc1cc(F)cc2c1NC(=O)C2C. The van der Waals surface area contributed by atoms with E-state index in [0.29, 0.717) is 6.42 Å². The van der Waals surface area contributed by atoms with Crippen molar-refractivity contribution in [1.82, 2.24) is 0 Å². The number of hydrogen-bond donors (Lipinski definition) is 2. The Balaban J connectivity index is 2.48. The van der Waals surface area contributed by atoms with Crippen LogP contribution in [-0.2, 0) is 11.2 Å². The van der Waals surface area contributed by atoms with Crippen molar-refractivity contribution in [3.05, 3.63) is 29.1 Å². The lowest BCUT2D eigenvalue weighted by Crippen LogP contribution is -2.18. The van der Waals surface area contributed by atoms with E-state index in [1.54, 1.807) is 6.92 Å². The van der Waals surface area contributed by atoms with Gasteiger partial charge in [0, 0.05) is 11.7 Å². The van der Waals surface area contributed by atoms with Gasteiger partial charge in [-0.1, -0.05) is 0 Å². The summed E-state index contributed by atoms with van der Waals surface area (Å²) >= 11 is 0. The van der Waals surface area contributed by atoms with Crippen LogP contribution in [0.2, 0.25) is 0 Å². The first-order valence-electron chi connectivity index (χ1n) is 5.37. The maximum atomic E-state index is 13.4. The van der Waals surface area contributed by atoms with E-state index in [-0.39, 0.29) is 23.7 Å². The lowest BCUT2D eigenvalue weighted by atomic mass is 9.97. The summed E-state index contributed by atoms with van der Waals surface area (Å²) in [6.45, 7) is 3.63. The summed E-state index contributed by atoms with van der Waals surface area (Å²) in [7, 11) is 0. The summed E-state index contributed by atoms with van der Waals surface area (Å²) in [5.74, 6) is -0.665. The summed E-state index contributed by atoms with van der Waals surface area (Å²) in [4.78, 5) is 11.5. The van der Waals surface area contributed by atoms with Crippen molar-refractivity contribution >= 4 is 11.6 Å². The molecule has 86 valence electrons. The van der Waals surface area contributed by atoms with Crippen molar-refractivity contribution in [1.29, 1.82) is 0 Å². The van der Waals surface area contributed by atoms with Crippen molar-refractivity contribution in [3.8, 4) is 0 Å². The molecule has 3 nitrogen and oxygen atoms in total. The molecule has 1 amide bonds. The molecule has 2 atom stereocenters. The number of amides is 1. The van der Waals surface area contributed by atoms with Crippen LogP contribution in [-0.4, -0.2) is 11.9 Å². The molecule has 1 aliphatic rings. The largest absolute Gasteiger partial charge is 0.328 e. The molecule has 0 radical (unpaired) electrons. The van der Waals surface area contributed by atoms with Crippen LogP contribution in [0.3, 0.4) is 0 Å². The van der Waals surface area contributed by atoms with Gasteiger partial charge in [-0.3, -0.25) is 4.79 Å². The van der Waals surface area contributed by atoms with Crippen molar-refractivity contribution in [3.63, 3.8) is 0 Å². The van der Waals surface area contributed by atoms with Crippen molar-refractivity contribution in [2.45, 2.75) is 32.2 Å². The standard InChI is InChI=1S/C12H15FN2O/c1-6(14)3-8-4-9(13)5-10-7(2)12(16)15-11(8)10/h4-7H,3,14H2,1-2H3,(H,15,16).